The van der Waals surface area contributed by atoms with Crippen molar-refractivity contribution in [1.29, 1.82) is 0 Å². The minimum absolute atomic E-state index is 0.121. The van der Waals surface area contributed by atoms with Crippen LogP contribution in [-0.4, -0.2) is 29.7 Å². The van der Waals surface area contributed by atoms with Gasteiger partial charge in [0.1, 0.15) is 11.5 Å². The second kappa shape index (κ2) is 8.84. The number of rotatable bonds is 8. The molecule has 2 aromatic carbocycles. The van der Waals surface area contributed by atoms with Crippen molar-refractivity contribution >= 4 is 5.91 Å². The molecule has 0 fully saturated rings. The van der Waals surface area contributed by atoms with Gasteiger partial charge in [-0.05, 0) is 48.4 Å². The Morgan fingerprint density at radius 1 is 1.07 bits per heavy atom. The summed E-state index contributed by atoms with van der Waals surface area (Å²) in [5, 5.41) is 6.68. The molecule has 0 saturated carbocycles. The molecule has 0 unspecified atom stereocenters. The van der Waals surface area contributed by atoms with Gasteiger partial charge >= 0.3 is 0 Å². The number of benzene rings is 2. The molecule has 0 spiro atoms. The topological polar surface area (TPSA) is 86.5 Å². The molecule has 0 aliphatic heterocycles. The number of carbonyl (C=O) groups is 1. The molecule has 1 amide bonds. The van der Waals surface area contributed by atoms with Gasteiger partial charge in [-0.3, -0.25) is 4.79 Å². The Kier molecular flexibility index (Phi) is 6.04. The van der Waals surface area contributed by atoms with Crippen LogP contribution in [0.1, 0.15) is 27.6 Å². The van der Waals surface area contributed by atoms with E-state index >= 15 is 0 Å². The van der Waals surface area contributed by atoms with Crippen molar-refractivity contribution in [1.82, 2.24) is 15.5 Å². The number of aryl methyl sites for hydroxylation is 1. The lowest BCUT2D eigenvalue weighted by atomic mass is 10.1. The van der Waals surface area contributed by atoms with Crippen LogP contribution in [0.3, 0.4) is 0 Å². The molecule has 0 atom stereocenters. The number of aromatic nitrogens is 2. The first-order valence-corrected chi connectivity index (χ1v) is 8.57. The molecule has 3 aromatic rings. The fourth-order valence-corrected chi connectivity index (χ4v) is 2.46. The first-order valence-electron chi connectivity index (χ1n) is 8.57. The van der Waals surface area contributed by atoms with Crippen LogP contribution in [0.2, 0.25) is 0 Å². The van der Waals surface area contributed by atoms with Gasteiger partial charge in [-0.15, -0.1) is 0 Å². The first kappa shape index (κ1) is 18.4. The van der Waals surface area contributed by atoms with Crippen LogP contribution in [0.4, 0.5) is 0 Å². The summed E-state index contributed by atoms with van der Waals surface area (Å²) < 4.78 is 15.6. The summed E-state index contributed by atoms with van der Waals surface area (Å²) in [5.74, 6) is 2.30. The van der Waals surface area contributed by atoms with Crippen LogP contribution in [0.5, 0.6) is 11.5 Å². The molecule has 0 bridgehead atoms. The molecular formula is C20H21N3O4. The van der Waals surface area contributed by atoms with Gasteiger partial charge in [0.05, 0.1) is 7.11 Å². The summed E-state index contributed by atoms with van der Waals surface area (Å²) in [6.07, 6.45) is 0.751. The highest BCUT2D eigenvalue weighted by Gasteiger charge is 2.07. The largest absolute Gasteiger partial charge is 0.497 e. The molecule has 7 heteroatoms. The quantitative estimate of drug-likeness (QED) is 0.659. The van der Waals surface area contributed by atoms with Gasteiger partial charge in [0, 0.05) is 19.0 Å². The van der Waals surface area contributed by atoms with Crippen molar-refractivity contribution in [3.8, 4) is 11.5 Å². The van der Waals surface area contributed by atoms with Gasteiger partial charge in [0.25, 0.3) is 5.91 Å². The van der Waals surface area contributed by atoms with E-state index in [2.05, 4.69) is 15.5 Å². The van der Waals surface area contributed by atoms with Crippen molar-refractivity contribution in [2.75, 3.05) is 13.7 Å². The molecule has 140 valence electrons. The highest BCUT2D eigenvalue weighted by Crippen LogP contribution is 2.14. The summed E-state index contributed by atoms with van der Waals surface area (Å²) in [5.41, 5.74) is 1.71. The molecule has 3 rings (SSSR count). The molecule has 1 N–H and O–H groups in total. The van der Waals surface area contributed by atoms with Gasteiger partial charge in [0.15, 0.2) is 6.61 Å². The Morgan fingerprint density at radius 2 is 1.78 bits per heavy atom. The number of hydrogen-bond donors (Lipinski definition) is 1. The maximum Gasteiger partial charge on any atom is 0.251 e. The molecule has 0 radical (unpaired) electrons. The molecule has 0 saturated heterocycles. The third-order valence-corrected chi connectivity index (χ3v) is 3.91. The Balaban J connectivity index is 1.45. The van der Waals surface area contributed by atoms with Gasteiger partial charge < -0.3 is 19.3 Å². The maximum absolute atomic E-state index is 12.2. The van der Waals surface area contributed by atoms with E-state index in [1.807, 2.05) is 24.3 Å². The average Bonchev–Trinajstić information content (AvgIpc) is 3.12. The van der Waals surface area contributed by atoms with Crippen LogP contribution < -0.4 is 14.8 Å². The second-order valence-electron chi connectivity index (χ2n) is 5.90. The third kappa shape index (κ3) is 5.31. The van der Waals surface area contributed by atoms with Gasteiger partial charge in [0.2, 0.25) is 11.7 Å². The molecule has 0 aliphatic carbocycles. The molecule has 7 nitrogen and oxygen atoms in total. The summed E-state index contributed by atoms with van der Waals surface area (Å²) in [4.78, 5) is 16.3. The Bertz CT molecular complexity index is 873. The summed E-state index contributed by atoms with van der Waals surface area (Å²) in [7, 11) is 1.64. The smallest absolute Gasteiger partial charge is 0.251 e. The third-order valence-electron chi connectivity index (χ3n) is 3.91. The van der Waals surface area contributed by atoms with Crippen LogP contribution in [0.25, 0.3) is 0 Å². The van der Waals surface area contributed by atoms with E-state index < -0.39 is 0 Å². The molecule has 27 heavy (non-hydrogen) atoms. The minimum Gasteiger partial charge on any atom is -0.497 e. The standard InChI is InChI=1S/C20H21N3O4/c1-14-22-19(23-27-14)13-26-18-9-5-16(6-10-18)20(24)21-12-11-15-3-7-17(25-2)8-4-15/h3-10H,11-13H2,1-2H3,(H,21,24). The molecule has 1 aromatic heterocycles. The lowest BCUT2D eigenvalue weighted by Crippen LogP contribution is -2.25. The number of ether oxygens (including phenoxy) is 2. The number of nitrogens with zero attached hydrogens (tertiary/aromatic N) is 2. The number of nitrogens with one attached hydrogen (secondary N) is 1. The van der Waals surface area contributed by atoms with Crippen LogP contribution in [-0.2, 0) is 13.0 Å². The number of amides is 1. The van der Waals surface area contributed by atoms with Crippen LogP contribution in [0, 0.1) is 6.92 Å². The lowest BCUT2D eigenvalue weighted by molar-refractivity contribution is 0.0954. The number of carbonyl (C=O) groups excluding carboxylic acids is 1. The SMILES string of the molecule is COc1ccc(CCNC(=O)c2ccc(OCc3noc(C)n3)cc2)cc1. The Morgan fingerprint density at radius 3 is 2.41 bits per heavy atom. The molecule has 1 heterocycles. The zero-order chi connectivity index (χ0) is 19.1. The molecular weight excluding hydrogens is 346 g/mol. The van der Waals surface area contributed by atoms with Crippen molar-refractivity contribution < 1.29 is 18.8 Å². The minimum atomic E-state index is -0.121. The van der Waals surface area contributed by atoms with Gasteiger partial charge in [-0.1, -0.05) is 17.3 Å². The van der Waals surface area contributed by atoms with E-state index in [-0.39, 0.29) is 12.5 Å². The van der Waals surface area contributed by atoms with E-state index in [1.165, 1.54) is 0 Å². The van der Waals surface area contributed by atoms with E-state index in [0.717, 1.165) is 17.7 Å². The van der Waals surface area contributed by atoms with Crippen molar-refractivity contribution in [3.63, 3.8) is 0 Å². The number of hydrogen-bond acceptors (Lipinski definition) is 6. The van der Waals surface area contributed by atoms with Crippen molar-refractivity contribution in [2.24, 2.45) is 0 Å². The van der Waals surface area contributed by atoms with Crippen LogP contribution in [0.15, 0.2) is 53.1 Å². The maximum atomic E-state index is 12.2. The lowest BCUT2D eigenvalue weighted by Gasteiger charge is -2.07. The fraction of sp³-hybridized carbons (Fsp3) is 0.250. The Labute approximate surface area is 157 Å². The fourth-order valence-electron chi connectivity index (χ4n) is 2.46. The van der Waals surface area contributed by atoms with Gasteiger partial charge in [-0.2, -0.15) is 4.98 Å². The van der Waals surface area contributed by atoms with E-state index in [9.17, 15) is 4.79 Å². The van der Waals surface area contributed by atoms with Crippen molar-refractivity contribution in [3.05, 3.63) is 71.4 Å². The summed E-state index contributed by atoms with van der Waals surface area (Å²) in [6, 6.07) is 14.7. The Hall–Kier alpha value is -3.35. The highest BCUT2D eigenvalue weighted by molar-refractivity contribution is 5.94. The van der Waals surface area contributed by atoms with Crippen LogP contribution >= 0.6 is 0 Å². The van der Waals surface area contributed by atoms with Crippen molar-refractivity contribution in [2.45, 2.75) is 20.0 Å². The summed E-state index contributed by atoms with van der Waals surface area (Å²) >= 11 is 0. The van der Waals surface area contributed by atoms with E-state index in [4.69, 9.17) is 14.0 Å². The second-order valence-corrected chi connectivity index (χ2v) is 5.90. The highest BCUT2D eigenvalue weighted by atomic mass is 16.5. The average molecular weight is 367 g/mol. The van der Waals surface area contributed by atoms with Gasteiger partial charge in [-0.25, -0.2) is 0 Å². The normalized spacial score (nSPS) is 10.4. The predicted molar refractivity (Wildman–Crippen MR) is 98.8 cm³/mol. The first-order chi connectivity index (χ1) is 13.1. The number of methoxy groups -OCH3 is 1. The molecule has 0 aliphatic rings. The zero-order valence-electron chi connectivity index (χ0n) is 15.3. The summed E-state index contributed by atoms with van der Waals surface area (Å²) in [6.45, 7) is 2.49. The zero-order valence-corrected chi connectivity index (χ0v) is 15.3. The monoisotopic (exact) mass is 367 g/mol. The van der Waals surface area contributed by atoms with E-state index in [1.54, 1.807) is 38.3 Å². The van der Waals surface area contributed by atoms with E-state index in [0.29, 0.717) is 29.6 Å². The predicted octanol–water partition coefficient (Wildman–Crippen LogP) is 2.94.